The molecule has 0 fully saturated rings. The highest BCUT2D eigenvalue weighted by atomic mass is 16.1. The molecule has 1 atom stereocenters. The molecular formula is C9H20N2O. The van der Waals surface area contributed by atoms with E-state index in [0.29, 0.717) is 6.54 Å². The van der Waals surface area contributed by atoms with Crippen LogP contribution in [0.25, 0.3) is 0 Å². The molecule has 0 spiro atoms. The van der Waals surface area contributed by atoms with Crippen molar-refractivity contribution in [1.29, 1.82) is 0 Å². The molecule has 3 heteroatoms. The van der Waals surface area contributed by atoms with Crippen LogP contribution >= 0.6 is 0 Å². The van der Waals surface area contributed by atoms with Gasteiger partial charge >= 0.3 is 0 Å². The molecule has 1 unspecified atom stereocenters. The van der Waals surface area contributed by atoms with Crippen molar-refractivity contribution in [3.63, 3.8) is 0 Å². The highest BCUT2D eigenvalue weighted by Gasteiger charge is 2.15. The number of hydrogen-bond donors (Lipinski definition) is 2. The molecule has 12 heavy (non-hydrogen) atoms. The van der Waals surface area contributed by atoms with E-state index in [9.17, 15) is 4.79 Å². The van der Waals surface area contributed by atoms with E-state index < -0.39 is 0 Å². The number of carbonyl (C=O) groups excluding carboxylic acids is 1. The van der Waals surface area contributed by atoms with Crippen LogP contribution in [0.5, 0.6) is 0 Å². The van der Waals surface area contributed by atoms with Crippen molar-refractivity contribution in [2.45, 2.75) is 40.2 Å². The van der Waals surface area contributed by atoms with Gasteiger partial charge in [-0.15, -0.1) is 0 Å². The predicted octanol–water partition coefficient (Wildman–Crippen LogP) is 0.886. The second kappa shape index (κ2) is 4.45. The summed E-state index contributed by atoms with van der Waals surface area (Å²) >= 11 is 0. The van der Waals surface area contributed by atoms with E-state index in [1.54, 1.807) is 0 Å². The number of amides is 1. The predicted molar refractivity (Wildman–Crippen MR) is 50.7 cm³/mol. The van der Waals surface area contributed by atoms with Crippen LogP contribution in [-0.4, -0.2) is 18.5 Å². The lowest BCUT2D eigenvalue weighted by atomic mass is 9.88. The molecule has 1 amide bonds. The minimum absolute atomic E-state index is 0.0145. The van der Waals surface area contributed by atoms with Crippen molar-refractivity contribution in [2.24, 2.45) is 11.1 Å². The van der Waals surface area contributed by atoms with E-state index in [2.05, 4.69) is 26.1 Å². The van der Waals surface area contributed by atoms with Crippen molar-refractivity contribution in [3.05, 3.63) is 0 Å². The van der Waals surface area contributed by atoms with E-state index in [4.69, 9.17) is 5.73 Å². The highest BCUT2D eigenvalue weighted by molar-refractivity contribution is 5.72. The Morgan fingerprint density at radius 1 is 1.50 bits per heavy atom. The van der Waals surface area contributed by atoms with Gasteiger partial charge < -0.3 is 11.1 Å². The molecule has 72 valence electrons. The first-order valence-electron chi connectivity index (χ1n) is 4.31. The lowest BCUT2D eigenvalue weighted by Crippen LogP contribution is -2.38. The van der Waals surface area contributed by atoms with E-state index >= 15 is 0 Å². The van der Waals surface area contributed by atoms with Crippen LogP contribution in [0.1, 0.15) is 34.1 Å². The molecule has 0 radical (unpaired) electrons. The van der Waals surface area contributed by atoms with Crippen LogP contribution in [0, 0.1) is 5.41 Å². The Hall–Kier alpha value is -0.570. The number of nitrogens with two attached hydrogens (primary N) is 1. The molecule has 0 saturated carbocycles. The van der Waals surface area contributed by atoms with Gasteiger partial charge in [0.05, 0.1) is 0 Å². The Balaban J connectivity index is 3.60. The maximum atomic E-state index is 10.5. The summed E-state index contributed by atoms with van der Waals surface area (Å²) in [5.41, 5.74) is 6.03. The first-order chi connectivity index (χ1) is 5.31. The van der Waals surface area contributed by atoms with Gasteiger partial charge in [-0.1, -0.05) is 20.8 Å². The summed E-state index contributed by atoms with van der Waals surface area (Å²) in [6.45, 7) is 8.50. The fourth-order valence-corrected chi connectivity index (χ4v) is 1.13. The molecule has 3 N–H and O–H groups in total. The molecule has 0 bridgehead atoms. The zero-order chi connectivity index (χ0) is 9.78. The van der Waals surface area contributed by atoms with Crippen LogP contribution < -0.4 is 11.1 Å². The smallest absolute Gasteiger partial charge is 0.216 e. The van der Waals surface area contributed by atoms with Crippen LogP contribution in [0.15, 0.2) is 0 Å². The Morgan fingerprint density at radius 2 is 2.00 bits per heavy atom. The third-order valence-electron chi connectivity index (χ3n) is 1.49. The van der Waals surface area contributed by atoms with Crippen molar-refractivity contribution in [3.8, 4) is 0 Å². The van der Waals surface area contributed by atoms with E-state index in [0.717, 1.165) is 6.42 Å². The molecule has 0 aromatic heterocycles. The van der Waals surface area contributed by atoms with E-state index in [1.165, 1.54) is 6.92 Å². The standard InChI is InChI=1S/C9H20N2O/c1-7(12)11-6-8(10)5-9(2,3)4/h8H,5-6,10H2,1-4H3,(H,11,12). The number of rotatable bonds is 3. The van der Waals surface area contributed by atoms with Gasteiger partial charge in [0.15, 0.2) is 0 Å². The second-order valence-corrected chi connectivity index (χ2v) is 4.46. The summed E-state index contributed by atoms with van der Waals surface area (Å²) < 4.78 is 0. The molecule has 0 aliphatic rings. The zero-order valence-corrected chi connectivity index (χ0v) is 8.48. The summed E-state index contributed by atoms with van der Waals surface area (Å²) in [5.74, 6) is -0.0145. The van der Waals surface area contributed by atoms with Gasteiger partial charge in [0.25, 0.3) is 0 Å². The Kier molecular flexibility index (Phi) is 4.24. The summed E-state index contributed by atoms with van der Waals surface area (Å²) in [6.07, 6.45) is 0.924. The molecule has 0 aromatic carbocycles. The molecule has 0 rings (SSSR count). The number of carbonyl (C=O) groups is 1. The highest BCUT2D eigenvalue weighted by Crippen LogP contribution is 2.19. The summed E-state index contributed by atoms with van der Waals surface area (Å²) in [7, 11) is 0. The zero-order valence-electron chi connectivity index (χ0n) is 8.48. The van der Waals surface area contributed by atoms with Gasteiger partial charge in [0.2, 0.25) is 5.91 Å². The normalized spacial score (nSPS) is 14.1. The third-order valence-corrected chi connectivity index (χ3v) is 1.49. The summed E-state index contributed by atoms with van der Waals surface area (Å²) in [5, 5.41) is 2.70. The lowest BCUT2D eigenvalue weighted by Gasteiger charge is -2.22. The Morgan fingerprint density at radius 3 is 2.33 bits per heavy atom. The first kappa shape index (κ1) is 11.4. The minimum atomic E-state index is -0.0145. The van der Waals surface area contributed by atoms with Crippen LogP contribution in [0.3, 0.4) is 0 Å². The largest absolute Gasteiger partial charge is 0.355 e. The second-order valence-electron chi connectivity index (χ2n) is 4.46. The van der Waals surface area contributed by atoms with Crippen LogP contribution in [0.2, 0.25) is 0 Å². The molecular weight excluding hydrogens is 152 g/mol. The lowest BCUT2D eigenvalue weighted by molar-refractivity contribution is -0.119. The minimum Gasteiger partial charge on any atom is -0.355 e. The summed E-state index contributed by atoms with van der Waals surface area (Å²) in [6, 6.07) is 0.0638. The van der Waals surface area contributed by atoms with Gasteiger partial charge in [0.1, 0.15) is 0 Å². The van der Waals surface area contributed by atoms with Crippen molar-refractivity contribution < 1.29 is 4.79 Å². The first-order valence-corrected chi connectivity index (χ1v) is 4.31. The van der Waals surface area contributed by atoms with Gasteiger partial charge in [-0.3, -0.25) is 4.79 Å². The van der Waals surface area contributed by atoms with Crippen molar-refractivity contribution in [1.82, 2.24) is 5.32 Å². The molecule has 0 saturated heterocycles. The monoisotopic (exact) mass is 172 g/mol. The fraction of sp³-hybridized carbons (Fsp3) is 0.889. The fourth-order valence-electron chi connectivity index (χ4n) is 1.13. The molecule has 0 aromatic rings. The average molecular weight is 172 g/mol. The van der Waals surface area contributed by atoms with E-state index in [-0.39, 0.29) is 17.4 Å². The van der Waals surface area contributed by atoms with Gasteiger partial charge in [-0.25, -0.2) is 0 Å². The quantitative estimate of drug-likeness (QED) is 0.664. The Bertz CT molecular complexity index is 149. The average Bonchev–Trinajstić information content (AvgIpc) is 1.79. The SMILES string of the molecule is CC(=O)NCC(N)CC(C)(C)C. The van der Waals surface area contributed by atoms with Crippen LogP contribution in [-0.2, 0) is 4.79 Å². The van der Waals surface area contributed by atoms with Gasteiger partial charge in [-0.2, -0.15) is 0 Å². The topological polar surface area (TPSA) is 55.1 Å². The molecule has 0 aliphatic heterocycles. The maximum absolute atomic E-state index is 10.5. The molecule has 3 nitrogen and oxygen atoms in total. The Labute approximate surface area is 74.7 Å². The number of hydrogen-bond acceptors (Lipinski definition) is 2. The maximum Gasteiger partial charge on any atom is 0.216 e. The van der Waals surface area contributed by atoms with Crippen molar-refractivity contribution >= 4 is 5.91 Å². The summed E-state index contributed by atoms with van der Waals surface area (Å²) in [4.78, 5) is 10.5. The van der Waals surface area contributed by atoms with Crippen molar-refractivity contribution in [2.75, 3.05) is 6.54 Å². The molecule has 0 heterocycles. The van der Waals surface area contributed by atoms with E-state index in [1.807, 2.05) is 0 Å². The third kappa shape index (κ3) is 7.54. The van der Waals surface area contributed by atoms with Crippen LogP contribution in [0.4, 0.5) is 0 Å². The van der Waals surface area contributed by atoms with Gasteiger partial charge in [-0.05, 0) is 11.8 Å². The number of nitrogens with one attached hydrogen (secondary N) is 1. The molecule has 0 aliphatic carbocycles. The van der Waals surface area contributed by atoms with Gasteiger partial charge in [0, 0.05) is 19.5 Å².